The highest BCUT2D eigenvalue weighted by Crippen LogP contribution is 2.28. The van der Waals surface area contributed by atoms with Crippen LogP contribution < -0.4 is 10.6 Å². The molecule has 2 saturated heterocycles. The minimum atomic E-state index is -0.00186. The van der Waals surface area contributed by atoms with Crippen molar-refractivity contribution in [3.8, 4) is 0 Å². The Morgan fingerprint density at radius 2 is 2.00 bits per heavy atom. The number of rotatable bonds is 5. The topological polar surface area (TPSA) is 61.4 Å². The van der Waals surface area contributed by atoms with Gasteiger partial charge in [-0.25, -0.2) is 0 Å². The van der Waals surface area contributed by atoms with Crippen molar-refractivity contribution >= 4 is 11.8 Å². The molecule has 0 aromatic rings. The first kappa shape index (κ1) is 14.8. The minimum Gasteiger partial charge on any atom is -0.356 e. The number of piperidine rings is 1. The summed E-state index contributed by atoms with van der Waals surface area (Å²) >= 11 is 0. The summed E-state index contributed by atoms with van der Waals surface area (Å²) in [5, 5.41) is 6.43. The molecule has 3 fully saturated rings. The van der Waals surface area contributed by atoms with Gasteiger partial charge < -0.3 is 15.5 Å². The van der Waals surface area contributed by atoms with Gasteiger partial charge in [0.15, 0.2) is 0 Å². The molecule has 0 aromatic heterocycles. The molecule has 0 bridgehead atoms. The normalized spacial score (nSPS) is 29.4. The van der Waals surface area contributed by atoms with Gasteiger partial charge in [0, 0.05) is 32.1 Å². The number of hydrogen-bond donors (Lipinski definition) is 2. The second-order valence-corrected chi connectivity index (χ2v) is 6.86. The summed E-state index contributed by atoms with van der Waals surface area (Å²) in [5.74, 6) is 1.08. The highest BCUT2D eigenvalue weighted by molar-refractivity contribution is 5.81. The number of carbonyl (C=O) groups is 2. The van der Waals surface area contributed by atoms with Crippen LogP contribution in [-0.2, 0) is 9.59 Å². The molecule has 5 nitrogen and oxygen atoms in total. The third-order valence-electron chi connectivity index (χ3n) is 4.99. The van der Waals surface area contributed by atoms with Gasteiger partial charge in [-0.15, -0.1) is 0 Å². The maximum Gasteiger partial charge on any atom is 0.224 e. The van der Waals surface area contributed by atoms with E-state index >= 15 is 0 Å². The van der Waals surface area contributed by atoms with E-state index in [0.717, 1.165) is 38.9 Å². The Morgan fingerprint density at radius 1 is 1.14 bits per heavy atom. The molecule has 0 spiro atoms. The lowest BCUT2D eigenvalue weighted by atomic mass is 9.96. The Labute approximate surface area is 126 Å². The maximum absolute atomic E-state index is 12.4. The molecule has 0 aromatic carbocycles. The molecule has 1 aliphatic carbocycles. The van der Waals surface area contributed by atoms with Gasteiger partial charge in [0.1, 0.15) is 0 Å². The summed E-state index contributed by atoms with van der Waals surface area (Å²) in [7, 11) is 0. The van der Waals surface area contributed by atoms with Crippen molar-refractivity contribution in [1.29, 1.82) is 0 Å². The first-order valence-corrected chi connectivity index (χ1v) is 8.51. The number of likely N-dealkylation sites (tertiary alicyclic amines) is 1. The summed E-state index contributed by atoms with van der Waals surface area (Å²) in [5.41, 5.74) is 0. The van der Waals surface area contributed by atoms with E-state index in [9.17, 15) is 9.59 Å². The quantitative estimate of drug-likeness (QED) is 0.791. The van der Waals surface area contributed by atoms with E-state index in [4.69, 9.17) is 0 Å². The van der Waals surface area contributed by atoms with Crippen molar-refractivity contribution in [2.75, 3.05) is 26.2 Å². The van der Waals surface area contributed by atoms with Gasteiger partial charge >= 0.3 is 0 Å². The third kappa shape index (κ3) is 4.19. The molecule has 5 heteroatoms. The largest absolute Gasteiger partial charge is 0.356 e. The highest BCUT2D eigenvalue weighted by Gasteiger charge is 2.30. The van der Waals surface area contributed by atoms with E-state index < -0.39 is 0 Å². The molecular weight excluding hydrogens is 266 g/mol. The van der Waals surface area contributed by atoms with Crippen LogP contribution in [0.1, 0.15) is 44.9 Å². The van der Waals surface area contributed by atoms with Crippen molar-refractivity contribution in [3.63, 3.8) is 0 Å². The Kier molecular flexibility index (Phi) is 4.78. The summed E-state index contributed by atoms with van der Waals surface area (Å²) in [6, 6.07) is 0.349. The van der Waals surface area contributed by atoms with Crippen LogP contribution in [0.25, 0.3) is 0 Å². The first-order valence-electron chi connectivity index (χ1n) is 8.51. The first-order chi connectivity index (χ1) is 10.2. The lowest BCUT2D eigenvalue weighted by Gasteiger charge is -2.32. The third-order valence-corrected chi connectivity index (χ3v) is 4.99. The summed E-state index contributed by atoms with van der Waals surface area (Å²) in [6.45, 7) is 3.29. The fourth-order valence-corrected chi connectivity index (χ4v) is 3.40. The molecule has 2 aliphatic heterocycles. The van der Waals surface area contributed by atoms with Crippen LogP contribution in [0.15, 0.2) is 0 Å². The van der Waals surface area contributed by atoms with E-state index in [-0.39, 0.29) is 17.7 Å². The molecule has 1 saturated carbocycles. The zero-order chi connectivity index (χ0) is 14.7. The van der Waals surface area contributed by atoms with E-state index in [1.54, 1.807) is 0 Å². The number of amides is 2. The van der Waals surface area contributed by atoms with Crippen LogP contribution in [0.2, 0.25) is 0 Å². The monoisotopic (exact) mass is 293 g/mol. The predicted molar refractivity (Wildman–Crippen MR) is 80.7 cm³/mol. The smallest absolute Gasteiger partial charge is 0.224 e. The van der Waals surface area contributed by atoms with Crippen molar-refractivity contribution in [2.24, 2.45) is 11.8 Å². The van der Waals surface area contributed by atoms with Gasteiger partial charge in [-0.3, -0.25) is 9.59 Å². The van der Waals surface area contributed by atoms with Crippen molar-refractivity contribution in [2.45, 2.75) is 51.0 Å². The summed E-state index contributed by atoms with van der Waals surface area (Å²) in [4.78, 5) is 26.4. The summed E-state index contributed by atoms with van der Waals surface area (Å²) in [6.07, 6.45) is 7.24. The van der Waals surface area contributed by atoms with E-state index in [2.05, 4.69) is 10.6 Å². The van der Waals surface area contributed by atoms with Crippen LogP contribution in [-0.4, -0.2) is 48.9 Å². The molecule has 2 heterocycles. The average molecular weight is 293 g/mol. The van der Waals surface area contributed by atoms with Crippen LogP contribution >= 0.6 is 0 Å². The molecule has 21 heavy (non-hydrogen) atoms. The molecule has 0 radical (unpaired) electrons. The van der Waals surface area contributed by atoms with E-state index in [0.29, 0.717) is 24.9 Å². The molecule has 3 rings (SSSR count). The molecule has 118 valence electrons. The molecule has 2 atom stereocenters. The van der Waals surface area contributed by atoms with Crippen LogP contribution in [0.3, 0.4) is 0 Å². The van der Waals surface area contributed by atoms with Gasteiger partial charge in [0.25, 0.3) is 0 Å². The Hall–Kier alpha value is -1.10. The van der Waals surface area contributed by atoms with Crippen LogP contribution in [0, 0.1) is 11.8 Å². The van der Waals surface area contributed by atoms with Gasteiger partial charge in [-0.05, 0) is 51.0 Å². The van der Waals surface area contributed by atoms with Crippen LogP contribution in [0.5, 0.6) is 0 Å². The molecule has 3 aliphatic rings. The second-order valence-electron chi connectivity index (χ2n) is 6.86. The van der Waals surface area contributed by atoms with Crippen molar-refractivity contribution < 1.29 is 9.59 Å². The number of hydrogen-bond acceptors (Lipinski definition) is 3. The van der Waals surface area contributed by atoms with Gasteiger partial charge in [-0.1, -0.05) is 0 Å². The molecular formula is C16H27N3O2. The Balaban J connectivity index is 1.44. The van der Waals surface area contributed by atoms with Gasteiger partial charge in [0.2, 0.25) is 11.8 Å². The van der Waals surface area contributed by atoms with Crippen molar-refractivity contribution in [1.82, 2.24) is 15.5 Å². The number of nitrogens with zero attached hydrogens (tertiary/aromatic N) is 1. The lowest BCUT2D eigenvalue weighted by Crippen LogP contribution is -2.46. The van der Waals surface area contributed by atoms with Crippen molar-refractivity contribution in [3.05, 3.63) is 0 Å². The predicted octanol–water partition coefficient (Wildman–Crippen LogP) is 0.893. The zero-order valence-corrected chi connectivity index (χ0v) is 12.8. The lowest BCUT2D eigenvalue weighted by molar-refractivity contribution is -0.136. The second kappa shape index (κ2) is 6.77. The number of carbonyl (C=O) groups excluding carboxylic acids is 2. The average Bonchev–Trinajstić information content (AvgIpc) is 3.20. The molecule has 2 amide bonds. The zero-order valence-electron chi connectivity index (χ0n) is 12.8. The molecule has 2 N–H and O–H groups in total. The van der Waals surface area contributed by atoms with E-state index in [1.165, 1.54) is 19.3 Å². The highest BCUT2D eigenvalue weighted by atomic mass is 16.2. The van der Waals surface area contributed by atoms with Crippen LogP contribution in [0.4, 0.5) is 0 Å². The van der Waals surface area contributed by atoms with Gasteiger partial charge in [0.05, 0.1) is 5.92 Å². The summed E-state index contributed by atoms with van der Waals surface area (Å²) < 4.78 is 0. The Bertz CT molecular complexity index is 389. The SMILES string of the molecule is O=C(NCC1CC1)C1CCCN(C(=O)CC2CCCN2)C1. The van der Waals surface area contributed by atoms with Gasteiger partial charge in [-0.2, -0.15) is 0 Å². The Morgan fingerprint density at radius 3 is 2.71 bits per heavy atom. The molecule has 2 unspecified atom stereocenters. The minimum absolute atomic E-state index is 0.00186. The van der Waals surface area contributed by atoms with E-state index in [1.807, 2.05) is 4.90 Å². The number of nitrogens with one attached hydrogen (secondary N) is 2. The fourth-order valence-electron chi connectivity index (χ4n) is 3.40. The fraction of sp³-hybridized carbons (Fsp3) is 0.875. The maximum atomic E-state index is 12.4. The standard InChI is InChI=1S/C16H27N3O2/c20-15(9-14-4-1-7-17-14)19-8-2-3-13(11-19)16(21)18-10-12-5-6-12/h12-14,17H,1-11H2,(H,18,21).